The van der Waals surface area contributed by atoms with Crippen LogP contribution in [0, 0.1) is 23.2 Å². The maximum absolute atomic E-state index is 13.1. The third-order valence-corrected chi connectivity index (χ3v) is 8.88. The number of morpholine rings is 1. The largest absolute Gasteiger partial charge is 0.508 e. The minimum absolute atomic E-state index is 0.186. The van der Waals surface area contributed by atoms with E-state index in [0.717, 1.165) is 38.5 Å². The quantitative estimate of drug-likeness (QED) is 0.790. The number of aromatic hydroxyl groups is 1. The Kier molecular flexibility index (Phi) is 5.58. The summed E-state index contributed by atoms with van der Waals surface area (Å²) in [5, 5.41) is 9.91. The van der Waals surface area contributed by atoms with Crippen LogP contribution in [0.15, 0.2) is 18.2 Å². The van der Waals surface area contributed by atoms with E-state index in [4.69, 9.17) is 4.74 Å². The minimum atomic E-state index is -0.186. The molecule has 1 amide bonds. The van der Waals surface area contributed by atoms with Crippen molar-refractivity contribution in [1.29, 1.82) is 0 Å². The maximum Gasteiger partial charge on any atom is 0.222 e. The van der Waals surface area contributed by atoms with Crippen molar-refractivity contribution in [3.05, 3.63) is 29.3 Å². The molecular weight excluding hydrogens is 390 g/mol. The molecule has 5 rings (SSSR count). The zero-order valence-corrected chi connectivity index (χ0v) is 18.6. The molecule has 5 heteroatoms. The van der Waals surface area contributed by atoms with Gasteiger partial charge in [-0.15, -0.1) is 0 Å². The monoisotopic (exact) mass is 425 g/mol. The molecule has 3 aliphatic carbocycles. The Labute approximate surface area is 185 Å². The Hall–Kier alpha value is -1.88. The average molecular weight is 426 g/mol. The standard InChI is InChI=1S/C26H35NO4/c1-26-10-9-21-20-8-6-19(28)15-17(20)5-7-22(21)25(26)18(16-23(26)29)3-2-4-24(30)27-11-13-31-14-12-27/h6,8,15,18,21-22,25,28H,2-5,7,9-14,16H2,1H3/t18-,21-,22?,25+,26-/m1/s1. The molecule has 0 bridgehead atoms. The van der Waals surface area contributed by atoms with Crippen molar-refractivity contribution >= 4 is 11.7 Å². The van der Waals surface area contributed by atoms with Crippen molar-refractivity contribution in [2.45, 2.75) is 64.2 Å². The number of carbonyl (C=O) groups is 2. The smallest absolute Gasteiger partial charge is 0.222 e. The Bertz CT molecular complexity index is 861. The van der Waals surface area contributed by atoms with Gasteiger partial charge in [0.15, 0.2) is 0 Å². The molecule has 1 aliphatic heterocycles. The number of ketones is 1. The molecule has 1 aromatic carbocycles. The summed E-state index contributed by atoms with van der Waals surface area (Å²) in [5.74, 6) is 2.94. The summed E-state index contributed by atoms with van der Waals surface area (Å²) in [6.07, 6.45) is 7.29. The van der Waals surface area contributed by atoms with Crippen molar-refractivity contribution in [3.8, 4) is 5.75 Å². The first kappa shape index (κ1) is 21.0. The molecule has 1 unspecified atom stereocenters. The molecule has 1 saturated heterocycles. The van der Waals surface area contributed by atoms with Gasteiger partial charge in [0.2, 0.25) is 5.91 Å². The fraction of sp³-hybridized carbons (Fsp3) is 0.692. The van der Waals surface area contributed by atoms with Crippen LogP contribution >= 0.6 is 0 Å². The lowest BCUT2D eigenvalue weighted by Gasteiger charge is -2.50. The van der Waals surface area contributed by atoms with E-state index in [9.17, 15) is 14.7 Å². The summed E-state index contributed by atoms with van der Waals surface area (Å²) in [6, 6.07) is 5.88. The minimum Gasteiger partial charge on any atom is -0.508 e. The van der Waals surface area contributed by atoms with Gasteiger partial charge in [0.1, 0.15) is 11.5 Å². The number of nitrogens with zero attached hydrogens (tertiary/aromatic N) is 1. The number of benzene rings is 1. The van der Waals surface area contributed by atoms with Crippen molar-refractivity contribution < 1.29 is 19.4 Å². The lowest BCUT2D eigenvalue weighted by atomic mass is 9.54. The van der Waals surface area contributed by atoms with E-state index >= 15 is 0 Å². The van der Waals surface area contributed by atoms with Crippen LogP contribution < -0.4 is 0 Å². The number of rotatable bonds is 4. The third kappa shape index (κ3) is 3.69. The fourth-order valence-electron chi connectivity index (χ4n) is 7.38. The highest BCUT2D eigenvalue weighted by Gasteiger charge is 2.58. The zero-order chi connectivity index (χ0) is 21.6. The van der Waals surface area contributed by atoms with Crippen LogP contribution in [0.5, 0.6) is 5.75 Å². The van der Waals surface area contributed by atoms with E-state index in [0.29, 0.717) is 74.3 Å². The summed E-state index contributed by atoms with van der Waals surface area (Å²) >= 11 is 0. The van der Waals surface area contributed by atoms with Crippen LogP contribution in [0.4, 0.5) is 0 Å². The van der Waals surface area contributed by atoms with Crippen molar-refractivity contribution in [1.82, 2.24) is 4.90 Å². The van der Waals surface area contributed by atoms with Gasteiger partial charge in [0.25, 0.3) is 0 Å². The molecule has 3 fully saturated rings. The van der Waals surface area contributed by atoms with Gasteiger partial charge in [-0.2, -0.15) is 0 Å². The van der Waals surface area contributed by atoms with Crippen LogP contribution in [0.3, 0.4) is 0 Å². The van der Waals surface area contributed by atoms with Gasteiger partial charge in [-0.25, -0.2) is 0 Å². The second-order valence-corrected chi connectivity index (χ2v) is 10.4. The first-order chi connectivity index (χ1) is 15.0. The van der Waals surface area contributed by atoms with E-state index in [2.05, 4.69) is 13.0 Å². The summed E-state index contributed by atoms with van der Waals surface area (Å²) in [7, 11) is 0. The SMILES string of the molecule is C[C@]12CC[C@@H]3c4ccc(O)cc4CCC3[C@@H]1[C@H](CCCC(=O)N1CCOCC1)CC2=O. The first-order valence-electron chi connectivity index (χ1n) is 12.2. The molecule has 5 nitrogen and oxygen atoms in total. The third-order valence-electron chi connectivity index (χ3n) is 8.88. The molecule has 1 aromatic rings. The number of hydrogen-bond acceptors (Lipinski definition) is 4. The average Bonchev–Trinajstić information content (AvgIpc) is 3.04. The molecule has 5 atom stereocenters. The molecule has 0 aromatic heterocycles. The van der Waals surface area contributed by atoms with Gasteiger partial charge < -0.3 is 14.7 Å². The van der Waals surface area contributed by atoms with Gasteiger partial charge in [-0.1, -0.05) is 13.0 Å². The lowest BCUT2D eigenvalue weighted by Crippen LogP contribution is -2.44. The van der Waals surface area contributed by atoms with Gasteiger partial charge in [0, 0.05) is 31.3 Å². The molecule has 1 N–H and O–H groups in total. The highest BCUT2D eigenvalue weighted by molar-refractivity contribution is 5.87. The topological polar surface area (TPSA) is 66.8 Å². The predicted octanol–water partition coefficient (Wildman–Crippen LogP) is 4.07. The number of fused-ring (bicyclic) bond motifs is 5. The van der Waals surface area contributed by atoms with Gasteiger partial charge in [-0.05, 0) is 85.5 Å². The van der Waals surface area contributed by atoms with Crippen molar-refractivity contribution in [3.63, 3.8) is 0 Å². The highest BCUT2D eigenvalue weighted by atomic mass is 16.5. The normalized spacial score (nSPS) is 34.7. The van der Waals surface area contributed by atoms with E-state index in [1.165, 1.54) is 11.1 Å². The molecule has 0 spiro atoms. The number of phenolic OH excluding ortho intramolecular Hbond substituents is 1. The molecule has 0 radical (unpaired) electrons. The summed E-state index contributed by atoms with van der Waals surface area (Å²) in [6.45, 7) is 4.93. The molecule has 168 valence electrons. The lowest BCUT2D eigenvalue weighted by molar-refractivity contribution is -0.135. The zero-order valence-electron chi connectivity index (χ0n) is 18.6. The van der Waals surface area contributed by atoms with Crippen molar-refractivity contribution in [2.75, 3.05) is 26.3 Å². The highest BCUT2D eigenvalue weighted by Crippen LogP contribution is 2.62. The maximum atomic E-state index is 13.1. The Morgan fingerprint density at radius 1 is 1.26 bits per heavy atom. The van der Waals surface area contributed by atoms with Crippen LogP contribution in [0.25, 0.3) is 0 Å². The number of ether oxygens (including phenoxy) is 1. The fourth-order valence-corrected chi connectivity index (χ4v) is 7.38. The first-order valence-corrected chi connectivity index (χ1v) is 12.2. The number of phenols is 1. The van der Waals surface area contributed by atoms with E-state index in [-0.39, 0.29) is 11.3 Å². The van der Waals surface area contributed by atoms with Crippen LogP contribution in [0.1, 0.15) is 68.9 Å². The van der Waals surface area contributed by atoms with Crippen LogP contribution in [-0.2, 0) is 20.7 Å². The summed E-state index contributed by atoms with van der Waals surface area (Å²) in [5.41, 5.74) is 2.51. The molecule has 1 heterocycles. The van der Waals surface area contributed by atoms with E-state index in [1.807, 2.05) is 17.0 Å². The van der Waals surface area contributed by atoms with Gasteiger partial charge in [-0.3, -0.25) is 9.59 Å². The molecule has 31 heavy (non-hydrogen) atoms. The van der Waals surface area contributed by atoms with Gasteiger partial charge >= 0.3 is 0 Å². The Morgan fingerprint density at radius 2 is 2.06 bits per heavy atom. The van der Waals surface area contributed by atoms with Crippen LogP contribution in [0.2, 0.25) is 0 Å². The predicted molar refractivity (Wildman–Crippen MR) is 118 cm³/mol. The molecule has 4 aliphatic rings. The Morgan fingerprint density at radius 3 is 2.87 bits per heavy atom. The van der Waals surface area contributed by atoms with Crippen LogP contribution in [-0.4, -0.2) is 48.0 Å². The second-order valence-electron chi connectivity index (χ2n) is 10.4. The number of amides is 1. The molecular formula is C26H35NO4. The summed E-state index contributed by atoms with van der Waals surface area (Å²) < 4.78 is 5.35. The van der Waals surface area contributed by atoms with Gasteiger partial charge in [0.05, 0.1) is 13.2 Å². The summed E-state index contributed by atoms with van der Waals surface area (Å²) in [4.78, 5) is 27.6. The van der Waals surface area contributed by atoms with E-state index in [1.54, 1.807) is 0 Å². The van der Waals surface area contributed by atoms with Crippen molar-refractivity contribution in [2.24, 2.45) is 23.2 Å². The second kappa shape index (κ2) is 8.23. The Balaban J connectivity index is 1.29. The van der Waals surface area contributed by atoms with E-state index < -0.39 is 0 Å². The molecule has 2 saturated carbocycles. The number of aryl methyl sites for hydroxylation is 1. The number of Topliss-reactive ketones (excluding diaryl/α,β-unsaturated/α-hetero) is 1. The number of carbonyl (C=O) groups excluding carboxylic acids is 2. The number of hydrogen-bond donors (Lipinski definition) is 1.